The van der Waals surface area contributed by atoms with Crippen LogP contribution in [0.2, 0.25) is 5.02 Å². The van der Waals surface area contributed by atoms with Gasteiger partial charge in [0, 0.05) is 5.56 Å². The van der Waals surface area contributed by atoms with E-state index < -0.39 is 17.7 Å². The van der Waals surface area contributed by atoms with Crippen molar-refractivity contribution in [2.45, 2.75) is 6.42 Å². The van der Waals surface area contributed by atoms with Gasteiger partial charge in [0.2, 0.25) is 5.91 Å². The molecule has 0 spiro atoms. The number of guanidine groups is 1. The van der Waals surface area contributed by atoms with Gasteiger partial charge in [-0.25, -0.2) is 4.39 Å². The van der Waals surface area contributed by atoms with Gasteiger partial charge < -0.3 is 10.5 Å². The number of rotatable bonds is 3. The molecule has 0 fully saturated rings. The largest absolute Gasteiger partial charge is 0.495 e. The second-order valence-corrected chi connectivity index (χ2v) is 3.56. The number of nitrogens with two attached hydrogens (primary N) is 1. The van der Waals surface area contributed by atoms with Crippen LogP contribution < -0.4 is 15.8 Å². The number of benzene rings is 1. The van der Waals surface area contributed by atoms with Crippen molar-refractivity contribution in [3.8, 4) is 5.75 Å². The molecule has 0 saturated carbocycles. The summed E-state index contributed by atoms with van der Waals surface area (Å²) in [5, 5.41) is 8.94. The van der Waals surface area contributed by atoms with Gasteiger partial charge in [-0.3, -0.25) is 15.5 Å². The maximum absolute atomic E-state index is 13.5. The van der Waals surface area contributed by atoms with Crippen molar-refractivity contribution in [1.82, 2.24) is 5.32 Å². The molecule has 0 saturated heterocycles. The smallest absolute Gasteiger partial charge is 0.231 e. The van der Waals surface area contributed by atoms with E-state index in [4.69, 9.17) is 27.5 Å². The van der Waals surface area contributed by atoms with Gasteiger partial charge in [-0.15, -0.1) is 0 Å². The molecule has 7 heteroatoms. The van der Waals surface area contributed by atoms with Gasteiger partial charge in [0.1, 0.15) is 11.6 Å². The Kier molecular flexibility index (Phi) is 4.28. The second-order valence-electron chi connectivity index (χ2n) is 3.18. The highest BCUT2D eigenvalue weighted by Gasteiger charge is 2.16. The fourth-order valence-corrected chi connectivity index (χ4v) is 1.55. The number of hydrogen-bond acceptors (Lipinski definition) is 3. The van der Waals surface area contributed by atoms with Gasteiger partial charge in [0.15, 0.2) is 5.96 Å². The summed E-state index contributed by atoms with van der Waals surface area (Å²) in [5.41, 5.74) is 4.98. The minimum absolute atomic E-state index is 0.00441. The normalized spacial score (nSPS) is 9.82. The topological polar surface area (TPSA) is 88.2 Å². The van der Waals surface area contributed by atoms with Crippen LogP contribution in [0.15, 0.2) is 12.1 Å². The summed E-state index contributed by atoms with van der Waals surface area (Å²) in [6, 6.07) is 2.52. The number of carbonyl (C=O) groups excluding carboxylic acids is 1. The molecule has 0 atom stereocenters. The summed E-state index contributed by atoms with van der Waals surface area (Å²) in [6.07, 6.45) is -0.318. The molecule has 0 heterocycles. The Morgan fingerprint density at radius 3 is 2.82 bits per heavy atom. The summed E-state index contributed by atoms with van der Waals surface area (Å²) < 4.78 is 18.4. The molecule has 0 radical (unpaired) electrons. The van der Waals surface area contributed by atoms with E-state index in [1.54, 1.807) is 0 Å². The average Bonchev–Trinajstić information content (AvgIpc) is 2.23. The maximum Gasteiger partial charge on any atom is 0.231 e. The standard InChI is InChI=1S/C10H11ClFN3O2/c1-17-7-3-2-6(12)5(9(7)11)4-8(16)15-10(13)14/h2-3H,4H2,1H3,(H4,13,14,15,16). The highest BCUT2D eigenvalue weighted by Crippen LogP contribution is 2.30. The van der Waals surface area contributed by atoms with E-state index in [1.807, 2.05) is 5.32 Å². The van der Waals surface area contributed by atoms with Crippen molar-refractivity contribution >= 4 is 23.5 Å². The first-order chi connectivity index (χ1) is 7.95. The lowest BCUT2D eigenvalue weighted by Crippen LogP contribution is -2.36. The molecule has 0 aliphatic carbocycles. The highest BCUT2D eigenvalue weighted by molar-refractivity contribution is 6.33. The van der Waals surface area contributed by atoms with Crippen LogP contribution in [0.25, 0.3) is 0 Å². The molecular formula is C10H11ClFN3O2. The van der Waals surface area contributed by atoms with Crippen LogP contribution in [0, 0.1) is 11.2 Å². The Balaban J connectivity index is 2.97. The van der Waals surface area contributed by atoms with Crippen LogP contribution >= 0.6 is 11.6 Å². The molecule has 1 aromatic carbocycles. The van der Waals surface area contributed by atoms with Crippen LogP contribution in [-0.2, 0) is 11.2 Å². The lowest BCUT2D eigenvalue weighted by Gasteiger charge is -2.09. The van der Waals surface area contributed by atoms with E-state index in [9.17, 15) is 9.18 Å². The second kappa shape index (κ2) is 5.49. The summed E-state index contributed by atoms with van der Waals surface area (Å²) in [4.78, 5) is 11.3. The Morgan fingerprint density at radius 1 is 1.65 bits per heavy atom. The molecule has 0 unspecified atom stereocenters. The number of ether oxygens (including phenoxy) is 1. The van der Waals surface area contributed by atoms with Crippen molar-refractivity contribution in [3.63, 3.8) is 0 Å². The molecule has 17 heavy (non-hydrogen) atoms. The maximum atomic E-state index is 13.5. The van der Waals surface area contributed by atoms with Gasteiger partial charge in [0.05, 0.1) is 18.6 Å². The number of nitrogens with one attached hydrogen (secondary N) is 2. The molecule has 0 aliphatic rings. The summed E-state index contributed by atoms with van der Waals surface area (Å²) in [6.45, 7) is 0. The Morgan fingerprint density at radius 2 is 2.29 bits per heavy atom. The lowest BCUT2D eigenvalue weighted by atomic mass is 10.1. The van der Waals surface area contributed by atoms with Gasteiger partial charge in [-0.1, -0.05) is 11.6 Å². The quantitative estimate of drug-likeness (QED) is 0.560. The minimum Gasteiger partial charge on any atom is -0.495 e. The van der Waals surface area contributed by atoms with E-state index in [2.05, 4.69) is 0 Å². The lowest BCUT2D eigenvalue weighted by molar-refractivity contribution is -0.119. The minimum atomic E-state index is -0.619. The highest BCUT2D eigenvalue weighted by atomic mass is 35.5. The number of halogens is 2. The first kappa shape index (κ1) is 13.2. The molecule has 1 aromatic rings. The third-order valence-electron chi connectivity index (χ3n) is 1.98. The van der Waals surface area contributed by atoms with E-state index in [-0.39, 0.29) is 22.8 Å². The summed E-state index contributed by atoms with van der Waals surface area (Å²) in [7, 11) is 1.39. The number of methoxy groups -OCH3 is 1. The zero-order valence-corrected chi connectivity index (χ0v) is 9.77. The van der Waals surface area contributed by atoms with Crippen molar-refractivity contribution < 1.29 is 13.9 Å². The number of hydrogen-bond donors (Lipinski definition) is 3. The average molecular weight is 260 g/mol. The summed E-state index contributed by atoms with van der Waals surface area (Å²) in [5.74, 6) is -1.46. The Hall–Kier alpha value is -1.82. The van der Waals surface area contributed by atoms with Crippen LogP contribution in [-0.4, -0.2) is 19.0 Å². The van der Waals surface area contributed by atoms with E-state index in [1.165, 1.54) is 13.2 Å². The Bertz CT molecular complexity index is 465. The third kappa shape index (κ3) is 3.32. The van der Waals surface area contributed by atoms with Crippen molar-refractivity contribution in [1.29, 1.82) is 5.41 Å². The molecule has 0 aromatic heterocycles. The van der Waals surface area contributed by atoms with Gasteiger partial charge in [0.25, 0.3) is 0 Å². The zero-order chi connectivity index (χ0) is 13.0. The van der Waals surface area contributed by atoms with Crippen molar-refractivity contribution in [3.05, 3.63) is 28.5 Å². The molecule has 5 nitrogen and oxygen atoms in total. The molecule has 1 amide bonds. The fraction of sp³-hybridized carbons (Fsp3) is 0.200. The van der Waals surface area contributed by atoms with Gasteiger partial charge >= 0.3 is 0 Å². The molecule has 1 rings (SSSR count). The third-order valence-corrected chi connectivity index (χ3v) is 2.40. The number of carbonyl (C=O) groups is 1. The predicted octanol–water partition coefficient (Wildman–Crippen LogP) is 1.04. The van der Waals surface area contributed by atoms with Gasteiger partial charge in [-0.2, -0.15) is 0 Å². The predicted molar refractivity (Wildman–Crippen MR) is 61.7 cm³/mol. The van der Waals surface area contributed by atoms with Crippen LogP contribution in [0.1, 0.15) is 5.56 Å². The zero-order valence-electron chi connectivity index (χ0n) is 9.01. The molecular weight excluding hydrogens is 249 g/mol. The molecule has 92 valence electrons. The number of amides is 1. The van der Waals surface area contributed by atoms with Crippen LogP contribution in [0.4, 0.5) is 4.39 Å². The van der Waals surface area contributed by atoms with Gasteiger partial charge in [-0.05, 0) is 12.1 Å². The summed E-state index contributed by atoms with van der Waals surface area (Å²) >= 11 is 5.86. The van der Waals surface area contributed by atoms with E-state index in [0.717, 1.165) is 6.07 Å². The van der Waals surface area contributed by atoms with E-state index >= 15 is 0 Å². The molecule has 0 aliphatic heterocycles. The first-order valence-corrected chi connectivity index (χ1v) is 4.98. The fourth-order valence-electron chi connectivity index (χ4n) is 1.25. The molecule has 0 bridgehead atoms. The SMILES string of the molecule is COc1ccc(F)c(CC(=O)NC(=N)N)c1Cl. The van der Waals surface area contributed by atoms with E-state index in [0.29, 0.717) is 0 Å². The van der Waals surface area contributed by atoms with Crippen molar-refractivity contribution in [2.24, 2.45) is 5.73 Å². The first-order valence-electron chi connectivity index (χ1n) is 4.60. The Labute approximate surface area is 102 Å². The molecule has 4 N–H and O–H groups in total. The van der Waals surface area contributed by atoms with Crippen molar-refractivity contribution in [2.75, 3.05) is 7.11 Å². The van der Waals surface area contributed by atoms with Crippen LogP contribution in [0.3, 0.4) is 0 Å². The van der Waals surface area contributed by atoms with Crippen LogP contribution in [0.5, 0.6) is 5.75 Å². The monoisotopic (exact) mass is 259 g/mol.